The number of hydrogen-bond donors (Lipinski definition) is 2. The summed E-state index contributed by atoms with van der Waals surface area (Å²) in [6.07, 6.45) is 2.14. The molecule has 0 unspecified atom stereocenters. The van der Waals surface area contributed by atoms with Crippen LogP contribution < -0.4 is 10.6 Å². The first-order valence-electron chi connectivity index (χ1n) is 8.42. The molecular weight excluding hydrogens is 300 g/mol. The van der Waals surface area contributed by atoms with Crippen LogP contribution in [-0.4, -0.2) is 26.2 Å². The molecule has 126 valence electrons. The van der Waals surface area contributed by atoms with Gasteiger partial charge >= 0.3 is 5.97 Å². The number of aryl methyl sites for hydroxylation is 1. The third kappa shape index (κ3) is 3.60. The lowest BCUT2D eigenvalue weighted by Gasteiger charge is -2.17. The predicted molar refractivity (Wildman–Crippen MR) is 96.6 cm³/mol. The van der Waals surface area contributed by atoms with E-state index in [4.69, 9.17) is 4.74 Å². The molecule has 0 saturated carbocycles. The van der Waals surface area contributed by atoms with E-state index in [1.165, 1.54) is 29.5 Å². The van der Waals surface area contributed by atoms with E-state index >= 15 is 0 Å². The van der Waals surface area contributed by atoms with Gasteiger partial charge in [0.25, 0.3) is 0 Å². The molecule has 0 amide bonds. The van der Waals surface area contributed by atoms with Gasteiger partial charge in [0.05, 0.1) is 12.7 Å². The minimum Gasteiger partial charge on any atom is -0.465 e. The van der Waals surface area contributed by atoms with Gasteiger partial charge in [0.1, 0.15) is 0 Å². The van der Waals surface area contributed by atoms with Crippen molar-refractivity contribution in [3.8, 4) is 0 Å². The fraction of sp³-hybridized carbons (Fsp3) is 0.350. The fourth-order valence-corrected chi connectivity index (χ4v) is 3.20. The van der Waals surface area contributed by atoms with E-state index in [1.54, 1.807) is 0 Å². The Kier molecular flexibility index (Phi) is 5.16. The van der Waals surface area contributed by atoms with Gasteiger partial charge in [0, 0.05) is 12.2 Å². The van der Waals surface area contributed by atoms with Gasteiger partial charge in [-0.25, -0.2) is 4.79 Å². The summed E-state index contributed by atoms with van der Waals surface area (Å²) in [5, 5.41) is 7.07. The van der Waals surface area contributed by atoms with Crippen LogP contribution in [0.15, 0.2) is 36.4 Å². The molecule has 4 nitrogen and oxygen atoms in total. The van der Waals surface area contributed by atoms with Crippen molar-refractivity contribution >= 4 is 11.7 Å². The zero-order chi connectivity index (χ0) is 16.9. The largest absolute Gasteiger partial charge is 0.465 e. The zero-order valence-corrected chi connectivity index (χ0v) is 14.3. The molecule has 3 rings (SSSR count). The van der Waals surface area contributed by atoms with E-state index in [1.807, 2.05) is 24.3 Å². The molecule has 0 aliphatic carbocycles. The van der Waals surface area contributed by atoms with Crippen molar-refractivity contribution in [1.82, 2.24) is 5.32 Å². The Hall–Kier alpha value is -2.33. The fourth-order valence-electron chi connectivity index (χ4n) is 3.20. The van der Waals surface area contributed by atoms with Crippen LogP contribution in [0.4, 0.5) is 5.69 Å². The van der Waals surface area contributed by atoms with Gasteiger partial charge in [-0.1, -0.05) is 24.3 Å². The minimum absolute atomic E-state index is 0.300. The molecule has 0 atom stereocenters. The summed E-state index contributed by atoms with van der Waals surface area (Å²) in [5.74, 6) is -0.300. The average Bonchev–Trinajstić information content (AvgIpc) is 2.86. The maximum absolute atomic E-state index is 11.5. The summed E-state index contributed by atoms with van der Waals surface area (Å²) in [7, 11) is 1.40. The highest BCUT2D eigenvalue weighted by atomic mass is 16.5. The molecule has 2 N–H and O–H groups in total. The Labute approximate surface area is 143 Å². The Morgan fingerprint density at radius 2 is 1.88 bits per heavy atom. The topological polar surface area (TPSA) is 50.4 Å². The van der Waals surface area contributed by atoms with E-state index in [0.717, 1.165) is 38.0 Å². The monoisotopic (exact) mass is 324 g/mol. The summed E-state index contributed by atoms with van der Waals surface area (Å²) in [4.78, 5) is 11.5. The van der Waals surface area contributed by atoms with E-state index in [-0.39, 0.29) is 5.97 Å². The third-order valence-electron chi connectivity index (χ3n) is 4.59. The van der Waals surface area contributed by atoms with Crippen molar-refractivity contribution in [2.45, 2.75) is 26.3 Å². The molecule has 2 aromatic rings. The van der Waals surface area contributed by atoms with Crippen molar-refractivity contribution in [2.24, 2.45) is 0 Å². The molecule has 0 bridgehead atoms. The summed E-state index contributed by atoms with van der Waals surface area (Å²) in [6.45, 7) is 4.97. The first kappa shape index (κ1) is 16.5. The summed E-state index contributed by atoms with van der Waals surface area (Å²) in [5.41, 5.74) is 7.14. The smallest absolute Gasteiger partial charge is 0.337 e. The first-order chi connectivity index (χ1) is 11.7. The molecule has 0 saturated heterocycles. The number of fused-ring (bicyclic) bond motifs is 1. The molecule has 24 heavy (non-hydrogen) atoms. The van der Waals surface area contributed by atoms with Gasteiger partial charge < -0.3 is 15.4 Å². The van der Waals surface area contributed by atoms with Gasteiger partial charge in [-0.15, -0.1) is 0 Å². The lowest BCUT2D eigenvalue weighted by atomic mass is 9.97. The van der Waals surface area contributed by atoms with E-state index < -0.39 is 0 Å². The van der Waals surface area contributed by atoms with Crippen molar-refractivity contribution in [1.29, 1.82) is 0 Å². The Bertz CT molecular complexity index is 723. The van der Waals surface area contributed by atoms with E-state index in [2.05, 4.69) is 29.7 Å². The molecule has 0 radical (unpaired) electrons. The molecule has 0 aromatic heterocycles. The van der Waals surface area contributed by atoms with Crippen LogP contribution in [0.5, 0.6) is 0 Å². The minimum atomic E-state index is -0.300. The summed E-state index contributed by atoms with van der Waals surface area (Å²) in [6, 6.07) is 12.0. The number of esters is 1. The van der Waals surface area contributed by atoms with Crippen molar-refractivity contribution in [3.05, 3.63) is 64.2 Å². The van der Waals surface area contributed by atoms with Crippen LogP contribution in [-0.2, 0) is 24.1 Å². The third-order valence-corrected chi connectivity index (χ3v) is 4.59. The standard InChI is InChI=1S/C20H24N2O2/c1-14-3-6-16-9-11-21-12-10-18(16)19(14)22-13-15-4-7-17(8-5-15)20(23)24-2/h3-8,21-22H,9-13H2,1-2H3. The number of nitrogens with one attached hydrogen (secondary N) is 2. The van der Waals surface area contributed by atoms with Crippen LogP contribution in [0.25, 0.3) is 0 Å². The zero-order valence-electron chi connectivity index (χ0n) is 14.3. The number of ether oxygens (including phenoxy) is 1. The number of benzene rings is 2. The molecule has 4 heteroatoms. The second-order valence-corrected chi connectivity index (χ2v) is 6.19. The second-order valence-electron chi connectivity index (χ2n) is 6.19. The van der Waals surface area contributed by atoms with Crippen molar-refractivity contribution in [2.75, 3.05) is 25.5 Å². The molecule has 1 aliphatic rings. The van der Waals surface area contributed by atoms with E-state index in [0.29, 0.717) is 5.56 Å². The molecule has 1 heterocycles. The SMILES string of the molecule is COC(=O)c1ccc(CNc2c(C)ccc3c2CCNCC3)cc1. The van der Waals surface area contributed by atoms with E-state index in [9.17, 15) is 4.79 Å². The van der Waals surface area contributed by atoms with Crippen molar-refractivity contribution in [3.63, 3.8) is 0 Å². The van der Waals surface area contributed by atoms with Crippen molar-refractivity contribution < 1.29 is 9.53 Å². The number of methoxy groups -OCH3 is 1. The predicted octanol–water partition coefficient (Wildman–Crippen LogP) is 3.08. The highest BCUT2D eigenvalue weighted by Gasteiger charge is 2.13. The summed E-state index contributed by atoms with van der Waals surface area (Å²) >= 11 is 0. The highest BCUT2D eigenvalue weighted by molar-refractivity contribution is 5.89. The Morgan fingerprint density at radius 3 is 2.62 bits per heavy atom. The van der Waals surface area contributed by atoms with Crippen LogP contribution in [0.1, 0.15) is 32.6 Å². The molecule has 0 fully saturated rings. The number of carbonyl (C=O) groups excluding carboxylic acids is 1. The maximum Gasteiger partial charge on any atom is 0.337 e. The van der Waals surface area contributed by atoms with Gasteiger partial charge in [-0.3, -0.25) is 0 Å². The Balaban J connectivity index is 1.76. The average molecular weight is 324 g/mol. The number of hydrogen-bond acceptors (Lipinski definition) is 4. The number of rotatable bonds is 4. The lowest BCUT2D eigenvalue weighted by molar-refractivity contribution is 0.0600. The number of carbonyl (C=O) groups is 1. The van der Waals surface area contributed by atoms with Crippen LogP contribution in [0.2, 0.25) is 0 Å². The maximum atomic E-state index is 11.5. The second kappa shape index (κ2) is 7.49. The summed E-state index contributed by atoms with van der Waals surface area (Å²) < 4.78 is 4.73. The van der Waals surface area contributed by atoms with Gasteiger partial charge in [-0.05, 0) is 67.2 Å². The quantitative estimate of drug-likeness (QED) is 0.849. The molecule has 1 aliphatic heterocycles. The van der Waals surface area contributed by atoms with Gasteiger partial charge in [0.15, 0.2) is 0 Å². The molecule has 2 aromatic carbocycles. The van der Waals surface area contributed by atoms with Gasteiger partial charge in [-0.2, -0.15) is 0 Å². The number of anilines is 1. The molecular formula is C20H24N2O2. The first-order valence-corrected chi connectivity index (χ1v) is 8.42. The van der Waals surface area contributed by atoms with Crippen LogP contribution >= 0.6 is 0 Å². The molecule has 0 spiro atoms. The van der Waals surface area contributed by atoms with Crippen LogP contribution in [0, 0.1) is 6.92 Å². The van der Waals surface area contributed by atoms with Gasteiger partial charge in [0.2, 0.25) is 0 Å². The lowest BCUT2D eigenvalue weighted by Crippen LogP contribution is -2.16. The Morgan fingerprint density at radius 1 is 1.12 bits per heavy atom. The normalized spacial score (nSPS) is 13.8. The van der Waals surface area contributed by atoms with Crippen LogP contribution in [0.3, 0.4) is 0 Å². The highest BCUT2D eigenvalue weighted by Crippen LogP contribution is 2.27.